The monoisotopic (exact) mass is 478 g/mol. The molecule has 0 aliphatic rings. The molecule has 0 N–H and O–H groups in total. The number of sulfonamides is 1. The van der Waals surface area contributed by atoms with E-state index in [1.54, 1.807) is 0 Å². The second-order valence-corrected chi connectivity index (χ2v) is 9.03. The number of benzene rings is 1. The van der Waals surface area contributed by atoms with Gasteiger partial charge in [0.05, 0.1) is 27.4 Å². The molecule has 0 saturated carbocycles. The van der Waals surface area contributed by atoms with Crippen LogP contribution in [0.25, 0.3) is 5.69 Å². The molecule has 0 aliphatic carbocycles. The Kier molecular flexibility index (Phi) is 6.09. The van der Waals surface area contributed by atoms with Crippen LogP contribution in [0.5, 0.6) is 0 Å². The summed E-state index contributed by atoms with van der Waals surface area (Å²) in [7, 11) is -3.15. The zero-order valence-corrected chi connectivity index (χ0v) is 16.7. The summed E-state index contributed by atoms with van der Waals surface area (Å²) in [6.07, 6.45) is -3.45. The average molecular weight is 479 g/mol. The van der Waals surface area contributed by atoms with Gasteiger partial charge in [0.15, 0.2) is 5.69 Å². The van der Waals surface area contributed by atoms with Crippen LogP contribution in [0.3, 0.4) is 0 Å². The Morgan fingerprint density at radius 2 is 1.83 bits per heavy atom. The van der Waals surface area contributed by atoms with Gasteiger partial charge in [-0.15, -0.1) is 0 Å². The SMILES string of the molecule is CN(c1cc(C(F)(F)F)cc(Cl)c1-n1cc(SC(F)(F)F)c(C#N)n1)S(C)(=O)=O. The van der Waals surface area contributed by atoms with Crippen LogP contribution in [-0.4, -0.2) is 37.0 Å². The van der Waals surface area contributed by atoms with E-state index in [0.29, 0.717) is 27.4 Å². The molecule has 0 bridgehead atoms. The number of hydrogen-bond acceptors (Lipinski definition) is 5. The topological polar surface area (TPSA) is 79.0 Å². The van der Waals surface area contributed by atoms with Crippen molar-refractivity contribution >= 4 is 39.1 Å². The van der Waals surface area contributed by atoms with E-state index in [2.05, 4.69) is 5.10 Å². The molecule has 0 saturated heterocycles. The lowest BCUT2D eigenvalue weighted by atomic mass is 10.1. The molecule has 29 heavy (non-hydrogen) atoms. The Labute approximate surface area is 169 Å². The van der Waals surface area contributed by atoms with Crippen LogP contribution in [0, 0.1) is 11.3 Å². The highest BCUT2D eigenvalue weighted by molar-refractivity contribution is 8.00. The first-order valence-electron chi connectivity index (χ1n) is 7.15. The number of rotatable bonds is 4. The number of alkyl halides is 6. The van der Waals surface area contributed by atoms with Crippen molar-refractivity contribution in [1.82, 2.24) is 9.78 Å². The fourth-order valence-electron chi connectivity index (χ4n) is 2.14. The molecule has 0 radical (unpaired) electrons. The minimum atomic E-state index is -4.88. The molecule has 1 heterocycles. The maximum atomic E-state index is 13.1. The standard InChI is InChI=1S/C14H9ClF6N4O2S2/c1-24(29(2,26)27)10-4-7(13(16,17)18)3-8(15)12(10)25-6-11(9(5-22)23-25)28-14(19,20)21/h3-4,6H,1-2H3. The van der Waals surface area contributed by atoms with Gasteiger partial charge >= 0.3 is 11.7 Å². The van der Waals surface area contributed by atoms with Crippen molar-refractivity contribution < 1.29 is 34.8 Å². The summed E-state index contributed by atoms with van der Waals surface area (Å²) in [4.78, 5) is -0.635. The van der Waals surface area contributed by atoms with Gasteiger partial charge in [-0.25, -0.2) is 13.1 Å². The molecular formula is C14H9ClF6N4O2S2. The van der Waals surface area contributed by atoms with Gasteiger partial charge in [0.2, 0.25) is 10.0 Å². The number of anilines is 1. The molecule has 158 valence electrons. The Morgan fingerprint density at radius 3 is 2.28 bits per heavy atom. The molecule has 2 rings (SSSR count). The molecule has 0 atom stereocenters. The van der Waals surface area contributed by atoms with Crippen molar-refractivity contribution in [3.63, 3.8) is 0 Å². The highest BCUT2D eigenvalue weighted by atomic mass is 35.5. The Balaban J connectivity index is 2.80. The number of aromatic nitrogens is 2. The summed E-state index contributed by atoms with van der Waals surface area (Å²) in [6, 6.07) is 2.37. The minimum Gasteiger partial charge on any atom is -0.271 e. The Morgan fingerprint density at radius 1 is 1.24 bits per heavy atom. The first kappa shape index (κ1) is 23.2. The lowest BCUT2D eigenvalue weighted by Gasteiger charge is -2.22. The van der Waals surface area contributed by atoms with Crippen LogP contribution in [-0.2, 0) is 16.2 Å². The van der Waals surface area contributed by atoms with Crippen molar-refractivity contribution in [2.75, 3.05) is 17.6 Å². The van der Waals surface area contributed by atoms with Gasteiger partial charge in [0.1, 0.15) is 11.8 Å². The van der Waals surface area contributed by atoms with E-state index in [1.807, 2.05) is 0 Å². The van der Waals surface area contributed by atoms with E-state index < -0.39 is 66.0 Å². The number of thioether (sulfide) groups is 1. The van der Waals surface area contributed by atoms with Gasteiger partial charge < -0.3 is 0 Å². The van der Waals surface area contributed by atoms with Crippen LogP contribution in [0.1, 0.15) is 11.3 Å². The van der Waals surface area contributed by atoms with E-state index in [-0.39, 0.29) is 0 Å². The fourth-order valence-corrected chi connectivity index (χ4v) is 3.53. The predicted octanol–water partition coefficient (Wildman–Crippen LogP) is 4.42. The average Bonchev–Trinajstić information content (AvgIpc) is 2.91. The summed E-state index contributed by atoms with van der Waals surface area (Å²) in [6.45, 7) is 0. The fraction of sp³-hybridized carbons (Fsp3) is 0.286. The first-order valence-corrected chi connectivity index (χ1v) is 10.2. The van der Waals surface area contributed by atoms with Crippen LogP contribution in [0.4, 0.5) is 32.0 Å². The number of hydrogen-bond donors (Lipinski definition) is 0. The van der Waals surface area contributed by atoms with Gasteiger partial charge in [-0.2, -0.15) is 36.7 Å². The second kappa shape index (κ2) is 7.62. The maximum Gasteiger partial charge on any atom is 0.446 e. The zero-order valence-electron chi connectivity index (χ0n) is 14.3. The lowest BCUT2D eigenvalue weighted by molar-refractivity contribution is -0.137. The molecule has 0 fully saturated rings. The van der Waals surface area contributed by atoms with Gasteiger partial charge in [-0.1, -0.05) is 11.6 Å². The summed E-state index contributed by atoms with van der Waals surface area (Å²) < 4.78 is 102. The van der Waals surface area contributed by atoms with E-state index in [0.717, 1.165) is 13.2 Å². The van der Waals surface area contributed by atoms with E-state index >= 15 is 0 Å². The summed E-state index contributed by atoms with van der Waals surface area (Å²) in [5, 5.41) is 12.0. The molecule has 0 aliphatic heterocycles. The quantitative estimate of drug-likeness (QED) is 0.480. The molecule has 0 amide bonds. The van der Waals surface area contributed by atoms with Crippen molar-refractivity contribution in [3.05, 3.63) is 34.6 Å². The smallest absolute Gasteiger partial charge is 0.271 e. The zero-order chi connectivity index (χ0) is 22.4. The Bertz CT molecular complexity index is 1090. The van der Waals surface area contributed by atoms with Gasteiger partial charge in [0, 0.05) is 13.2 Å². The highest BCUT2D eigenvalue weighted by Gasteiger charge is 2.35. The van der Waals surface area contributed by atoms with Crippen molar-refractivity contribution in [2.45, 2.75) is 16.6 Å². The first-order chi connectivity index (χ1) is 13.0. The van der Waals surface area contributed by atoms with Crippen molar-refractivity contribution in [1.29, 1.82) is 5.26 Å². The van der Waals surface area contributed by atoms with E-state index in [9.17, 15) is 34.8 Å². The molecule has 15 heteroatoms. The molecule has 2 aromatic rings. The highest BCUT2D eigenvalue weighted by Crippen LogP contribution is 2.42. The van der Waals surface area contributed by atoms with Gasteiger partial charge in [0.25, 0.3) is 0 Å². The predicted molar refractivity (Wildman–Crippen MR) is 93.4 cm³/mol. The maximum absolute atomic E-state index is 13.1. The number of nitrogens with zero attached hydrogens (tertiary/aromatic N) is 4. The molecule has 1 aromatic carbocycles. The largest absolute Gasteiger partial charge is 0.446 e. The van der Waals surface area contributed by atoms with Crippen molar-refractivity contribution in [2.24, 2.45) is 0 Å². The Hall–Kier alpha value is -2.11. The summed E-state index contributed by atoms with van der Waals surface area (Å²) >= 11 is 5.25. The van der Waals surface area contributed by atoms with Crippen LogP contribution < -0.4 is 4.31 Å². The third-order valence-electron chi connectivity index (χ3n) is 3.45. The number of nitriles is 1. The van der Waals surface area contributed by atoms with Crippen LogP contribution >= 0.6 is 23.4 Å². The summed E-state index contributed by atoms with van der Waals surface area (Å²) in [5.74, 6) is 0. The van der Waals surface area contributed by atoms with Crippen LogP contribution in [0.2, 0.25) is 5.02 Å². The van der Waals surface area contributed by atoms with Gasteiger partial charge in [-0.05, 0) is 23.9 Å². The normalized spacial score (nSPS) is 12.7. The van der Waals surface area contributed by atoms with E-state index in [4.69, 9.17) is 16.9 Å². The molecule has 1 aromatic heterocycles. The third kappa shape index (κ3) is 5.28. The summed E-state index contributed by atoms with van der Waals surface area (Å²) in [5.41, 5.74) is -7.76. The minimum absolute atomic E-state index is 0.446. The third-order valence-corrected chi connectivity index (χ3v) is 5.68. The van der Waals surface area contributed by atoms with E-state index in [1.165, 1.54) is 6.07 Å². The molecule has 0 unspecified atom stereocenters. The second-order valence-electron chi connectivity index (χ2n) is 5.50. The number of halogens is 7. The lowest BCUT2D eigenvalue weighted by Crippen LogP contribution is -2.27. The molecule has 0 spiro atoms. The van der Waals surface area contributed by atoms with Crippen LogP contribution in [0.15, 0.2) is 23.2 Å². The molecule has 6 nitrogen and oxygen atoms in total. The van der Waals surface area contributed by atoms with Crippen molar-refractivity contribution in [3.8, 4) is 11.8 Å². The molecular weight excluding hydrogens is 470 g/mol. The van der Waals surface area contributed by atoms with Gasteiger partial charge in [-0.3, -0.25) is 4.31 Å².